The van der Waals surface area contributed by atoms with Crippen LogP contribution in [-0.2, 0) is 18.3 Å². The molecule has 0 atom stereocenters. The van der Waals surface area contributed by atoms with Gasteiger partial charge in [-0.05, 0) is 42.0 Å². The van der Waals surface area contributed by atoms with E-state index < -0.39 is 6.09 Å². The Hall–Kier alpha value is -4.97. The van der Waals surface area contributed by atoms with Crippen molar-refractivity contribution in [3.05, 3.63) is 81.9 Å². The van der Waals surface area contributed by atoms with E-state index >= 15 is 0 Å². The molecule has 0 saturated carbocycles. The predicted molar refractivity (Wildman–Crippen MR) is 150 cm³/mol. The van der Waals surface area contributed by atoms with Gasteiger partial charge in [-0.25, -0.2) is 9.89 Å². The number of ether oxygens (including phenoxy) is 1. The molecule has 0 radical (unpaired) electrons. The second-order valence-electron chi connectivity index (χ2n) is 9.41. The molecule has 0 aliphatic rings. The first-order valence-electron chi connectivity index (χ1n) is 12.8. The van der Waals surface area contributed by atoms with Crippen LogP contribution in [0.5, 0.6) is 0 Å². The molecule has 0 unspecified atom stereocenters. The summed E-state index contributed by atoms with van der Waals surface area (Å²) in [6.07, 6.45) is 2.93. The quantitative estimate of drug-likeness (QED) is 0.279. The Morgan fingerprint density at radius 3 is 2.77 bits per heavy atom. The number of aromatic amines is 1. The molecule has 196 valence electrons. The Morgan fingerprint density at radius 2 is 1.97 bits per heavy atom. The zero-order chi connectivity index (χ0) is 27.5. The van der Waals surface area contributed by atoms with E-state index in [0.29, 0.717) is 28.6 Å². The summed E-state index contributed by atoms with van der Waals surface area (Å²) in [4.78, 5) is 24.7. The van der Waals surface area contributed by atoms with E-state index in [2.05, 4.69) is 32.7 Å². The van der Waals surface area contributed by atoms with Crippen molar-refractivity contribution < 1.29 is 9.53 Å². The molecule has 2 N–H and O–H groups in total. The highest BCUT2D eigenvalue weighted by atomic mass is 16.5. The highest BCUT2D eigenvalue weighted by Gasteiger charge is 2.21. The van der Waals surface area contributed by atoms with Gasteiger partial charge in [0.2, 0.25) is 0 Å². The molecule has 1 amide bonds. The van der Waals surface area contributed by atoms with Gasteiger partial charge in [0.15, 0.2) is 0 Å². The van der Waals surface area contributed by atoms with Crippen LogP contribution in [-0.4, -0.2) is 32.7 Å². The molecule has 2 heterocycles. The number of rotatable bonds is 7. The molecule has 5 rings (SSSR count). The highest BCUT2D eigenvalue weighted by molar-refractivity contribution is 5.99. The summed E-state index contributed by atoms with van der Waals surface area (Å²) in [5.41, 5.74) is 4.95. The largest absolute Gasteiger partial charge is 0.450 e. The van der Waals surface area contributed by atoms with Gasteiger partial charge in [-0.2, -0.15) is 15.5 Å². The zero-order valence-electron chi connectivity index (χ0n) is 22.0. The van der Waals surface area contributed by atoms with Gasteiger partial charge in [0.25, 0.3) is 5.56 Å². The third-order valence-electron chi connectivity index (χ3n) is 6.84. The summed E-state index contributed by atoms with van der Waals surface area (Å²) >= 11 is 0. The number of nitriles is 1. The summed E-state index contributed by atoms with van der Waals surface area (Å²) in [7, 11) is 1.85. The van der Waals surface area contributed by atoms with Crippen LogP contribution in [0.2, 0.25) is 0 Å². The molecule has 39 heavy (non-hydrogen) atoms. The Kier molecular flexibility index (Phi) is 7.10. The number of benzene rings is 3. The molecule has 9 nitrogen and oxygen atoms in total. The molecule has 0 fully saturated rings. The molecule has 3 aromatic carbocycles. The maximum Gasteiger partial charge on any atom is 0.407 e. The van der Waals surface area contributed by atoms with Crippen LogP contribution in [0.25, 0.3) is 43.9 Å². The van der Waals surface area contributed by atoms with E-state index in [9.17, 15) is 14.9 Å². The van der Waals surface area contributed by atoms with Gasteiger partial charge in [-0.3, -0.25) is 9.48 Å². The van der Waals surface area contributed by atoms with Crippen molar-refractivity contribution in [3.63, 3.8) is 0 Å². The van der Waals surface area contributed by atoms with Gasteiger partial charge in [-0.1, -0.05) is 49.7 Å². The molecular weight excluding hydrogens is 492 g/mol. The first kappa shape index (κ1) is 25.7. The van der Waals surface area contributed by atoms with Crippen LogP contribution >= 0.6 is 0 Å². The van der Waals surface area contributed by atoms with Gasteiger partial charge >= 0.3 is 6.09 Å². The third kappa shape index (κ3) is 4.84. The van der Waals surface area contributed by atoms with Crippen molar-refractivity contribution in [2.45, 2.75) is 33.2 Å². The van der Waals surface area contributed by atoms with E-state index in [1.807, 2.05) is 57.3 Å². The number of hydrogen-bond donors (Lipinski definition) is 2. The maximum atomic E-state index is 12.6. The Bertz CT molecular complexity index is 1810. The van der Waals surface area contributed by atoms with Crippen molar-refractivity contribution in [2.75, 3.05) is 6.61 Å². The van der Waals surface area contributed by atoms with Crippen LogP contribution in [0.15, 0.2) is 59.5 Å². The lowest BCUT2D eigenvalue weighted by molar-refractivity contribution is 0.144. The zero-order valence-corrected chi connectivity index (χ0v) is 22.0. The molecule has 5 aromatic rings. The van der Waals surface area contributed by atoms with Crippen molar-refractivity contribution in [3.8, 4) is 28.5 Å². The number of aromatic nitrogens is 4. The maximum absolute atomic E-state index is 12.6. The van der Waals surface area contributed by atoms with E-state index in [1.165, 1.54) is 0 Å². The lowest BCUT2D eigenvalue weighted by atomic mass is 9.90. The van der Waals surface area contributed by atoms with Crippen LogP contribution in [0.1, 0.15) is 36.6 Å². The van der Waals surface area contributed by atoms with Gasteiger partial charge in [0, 0.05) is 28.9 Å². The number of carbonyl (C=O) groups excluding carboxylic acids is 1. The number of H-pyrrole nitrogens is 1. The molecule has 0 aliphatic heterocycles. The standard InChI is InChI=1S/C30H28N6O3/c1-4-5-12-39-30(38)32-17-26-23-14-20(10-11-22(23)29(37)35-34-26)25-16-33-36(3)28(25)27-18(2)13-19-8-6-7-9-21(19)24(27)15-31/h6-11,13-14,16H,4-5,12,17H2,1-3H3,(H,32,38)(H,35,37). The van der Waals surface area contributed by atoms with Crippen LogP contribution in [0, 0.1) is 18.3 Å². The number of carbonyl (C=O) groups is 1. The summed E-state index contributed by atoms with van der Waals surface area (Å²) < 4.78 is 6.94. The second kappa shape index (κ2) is 10.8. The highest BCUT2D eigenvalue weighted by Crippen LogP contribution is 2.39. The van der Waals surface area contributed by atoms with Crippen molar-refractivity contribution in [1.29, 1.82) is 5.26 Å². The van der Waals surface area contributed by atoms with E-state index in [0.717, 1.165) is 51.6 Å². The van der Waals surface area contributed by atoms with Crippen LogP contribution in [0.4, 0.5) is 4.79 Å². The van der Waals surface area contributed by atoms with Crippen LogP contribution in [0.3, 0.4) is 0 Å². The SMILES string of the molecule is CCCCOC(=O)NCc1n[nH]c(=O)c2ccc(-c3cnn(C)c3-c3c(C)cc4ccccc4c3C#N)cc12. The minimum absolute atomic E-state index is 0.0873. The first-order chi connectivity index (χ1) is 18.9. The normalized spacial score (nSPS) is 11.0. The molecule has 0 bridgehead atoms. The predicted octanol–water partition coefficient (Wildman–Crippen LogP) is 5.35. The molecular formula is C30H28N6O3. The topological polar surface area (TPSA) is 126 Å². The minimum atomic E-state index is -0.536. The van der Waals surface area contributed by atoms with Gasteiger partial charge < -0.3 is 10.1 Å². The molecule has 0 saturated heterocycles. The average molecular weight is 521 g/mol. The number of unbranched alkanes of at least 4 members (excludes halogenated alkanes) is 1. The lowest BCUT2D eigenvalue weighted by Crippen LogP contribution is -2.25. The fraction of sp³-hybridized carbons (Fsp3) is 0.233. The number of nitrogens with zero attached hydrogens (tertiary/aromatic N) is 4. The number of hydrogen-bond acceptors (Lipinski definition) is 6. The van der Waals surface area contributed by atoms with Gasteiger partial charge in [-0.15, -0.1) is 0 Å². The molecule has 2 aromatic heterocycles. The summed E-state index contributed by atoms with van der Waals surface area (Å²) in [5, 5.41) is 27.1. The monoisotopic (exact) mass is 520 g/mol. The van der Waals surface area contributed by atoms with E-state index in [1.54, 1.807) is 16.9 Å². The lowest BCUT2D eigenvalue weighted by Gasteiger charge is -2.15. The van der Waals surface area contributed by atoms with Crippen molar-refractivity contribution in [2.24, 2.45) is 7.05 Å². The average Bonchev–Trinajstić information content (AvgIpc) is 3.32. The second-order valence-corrected chi connectivity index (χ2v) is 9.41. The van der Waals surface area contributed by atoms with Crippen molar-refractivity contribution in [1.82, 2.24) is 25.3 Å². The minimum Gasteiger partial charge on any atom is -0.450 e. The molecule has 9 heteroatoms. The Labute approximate surface area is 225 Å². The number of aryl methyl sites for hydroxylation is 2. The third-order valence-corrected chi connectivity index (χ3v) is 6.84. The first-order valence-corrected chi connectivity index (χ1v) is 12.8. The number of fused-ring (bicyclic) bond motifs is 2. The fourth-order valence-electron chi connectivity index (χ4n) is 4.89. The summed E-state index contributed by atoms with van der Waals surface area (Å²) in [5.74, 6) is 0. The fourth-order valence-corrected chi connectivity index (χ4v) is 4.89. The Balaban J connectivity index is 1.61. The smallest absolute Gasteiger partial charge is 0.407 e. The van der Waals surface area contributed by atoms with E-state index in [4.69, 9.17) is 4.74 Å². The summed E-state index contributed by atoms with van der Waals surface area (Å²) in [6, 6.07) is 17.8. The molecule has 0 aliphatic carbocycles. The Morgan fingerprint density at radius 1 is 1.15 bits per heavy atom. The number of nitrogens with one attached hydrogen (secondary N) is 2. The molecule has 0 spiro atoms. The number of alkyl carbamates (subject to hydrolysis) is 1. The van der Waals surface area contributed by atoms with Crippen molar-refractivity contribution >= 4 is 27.6 Å². The van der Waals surface area contributed by atoms with Gasteiger partial charge in [0.05, 0.1) is 41.7 Å². The van der Waals surface area contributed by atoms with Gasteiger partial charge in [0.1, 0.15) is 6.07 Å². The van der Waals surface area contributed by atoms with Crippen LogP contribution < -0.4 is 10.9 Å². The summed E-state index contributed by atoms with van der Waals surface area (Å²) in [6.45, 7) is 4.44. The van der Waals surface area contributed by atoms with E-state index in [-0.39, 0.29) is 12.1 Å². The number of amides is 1.